The van der Waals surface area contributed by atoms with Crippen molar-refractivity contribution >= 4 is 39.9 Å². The van der Waals surface area contributed by atoms with Crippen LogP contribution in [0.25, 0.3) is 16.6 Å². The molecule has 0 saturated heterocycles. The number of imidazole rings is 1. The zero-order chi connectivity index (χ0) is 14.2. The molecule has 0 radical (unpaired) electrons. The summed E-state index contributed by atoms with van der Waals surface area (Å²) in [7, 11) is 0. The highest BCUT2D eigenvalue weighted by molar-refractivity contribution is 7.99. The fourth-order valence-electron chi connectivity index (χ4n) is 2.26. The highest BCUT2D eigenvalue weighted by atomic mass is 35.5. The van der Waals surface area contributed by atoms with Gasteiger partial charge in [-0.1, -0.05) is 41.6 Å². The first-order chi connectivity index (χ1) is 10.3. The maximum atomic E-state index is 6.00. The number of para-hydroxylation sites is 1. The maximum absolute atomic E-state index is 6.00. The number of halogens is 1. The molecule has 0 unspecified atom stereocenters. The van der Waals surface area contributed by atoms with Crippen LogP contribution in [0.2, 0.25) is 5.02 Å². The molecule has 3 heterocycles. The van der Waals surface area contributed by atoms with Gasteiger partial charge in [0.1, 0.15) is 10.7 Å². The topological polar surface area (TPSA) is 30.2 Å². The van der Waals surface area contributed by atoms with E-state index in [9.17, 15) is 0 Å². The third-order valence-electron chi connectivity index (χ3n) is 3.20. The van der Waals surface area contributed by atoms with Gasteiger partial charge in [0.25, 0.3) is 0 Å². The molecule has 0 spiro atoms. The van der Waals surface area contributed by atoms with Crippen molar-refractivity contribution in [1.82, 2.24) is 14.4 Å². The van der Waals surface area contributed by atoms with Crippen molar-refractivity contribution in [2.45, 2.75) is 9.92 Å². The second-order valence-electron chi connectivity index (χ2n) is 4.63. The zero-order valence-electron chi connectivity index (χ0n) is 10.9. The summed E-state index contributed by atoms with van der Waals surface area (Å²) in [5, 5.41) is 2.76. The van der Waals surface area contributed by atoms with E-state index in [1.165, 1.54) is 0 Å². The predicted molar refractivity (Wildman–Crippen MR) is 86.1 cm³/mol. The van der Waals surface area contributed by atoms with Crippen molar-refractivity contribution in [1.29, 1.82) is 0 Å². The molecule has 0 saturated carbocycles. The van der Waals surface area contributed by atoms with Crippen LogP contribution in [0.1, 0.15) is 0 Å². The molecule has 3 aromatic heterocycles. The van der Waals surface area contributed by atoms with Gasteiger partial charge in [0.2, 0.25) is 0 Å². The van der Waals surface area contributed by atoms with E-state index >= 15 is 0 Å². The van der Waals surface area contributed by atoms with Crippen molar-refractivity contribution in [3.63, 3.8) is 0 Å². The fraction of sp³-hybridized carbons (Fsp3) is 0. The summed E-state index contributed by atoms with van der Waals surface area (Å²) in [4.78, 5) is 10.2. The first kappa shape index (κ1) is 12.7. The van der Waals surface area contributed by atoms with Gasteiger partial charge < -0.3 is 4.40 Å². The molecule has 0 fully saturated rings. The van der Waals surface area contributed by atoms with Gasteiger partial charge in [-0.05, 0) is 24.3 Å². The Morgan fingerprint density at radius 3 is 2.86 bits per heavy atom. The minimum atomic E-state index is 0.697. The number of hydrogen-bond donors (Lipinski definition) is 0. The summed E-state index contributed by atoms with van der Waals surface area (Å²) in [6.45, 7) is 0. The van der Waals surface area contributed by atoms with Gasteiger partial charge in [-0.3, -0.25) is 4.98 Å². The van der Waals surface area contributed by atoms with Crippen molar-refractivity contribution in [3.8, 4) is 0 Å². The number of pyridine rings is 2. The quantitative estimate of drug-likeness (QED) is 0.538. The van der Waals surface area contributed by atoms with Crippen LogP contribution in [0.3, 0.4) is 0 Å². The molecule has 4 rings (SSSR count). The minimum Gasteiger partial charge on any atom is -0.304 e. The minimum absolute atomic E-state index is 0.697. The lowest BCUT2D eigenvalue weighted by atomic mass is 10.2. The maximum Gasteiger partial charge on any atom is 0.138 e. The molecule has 4 aromatic rings. The summed E-state index contributed by atoms with van der Waals surface area (Å²) < 4.78 is 1.93. The molecule has 0 N–H and O–H groups in total. The normalized spacial score (nSPS) is 11.3. The van der Waals surface area contributed by atoms with Crippen molar-refractivity contribution in [2.24, 2.45) is 0 Å². The van der Waals surface area contributed by atoms with Gasteiger partial charge in [-0.2, -0.15) is 0 Å². The summed E-state index contributed by atoms with van der Waals surface area (Å²) in [5.74, 6) is 0. The number of fused-ring (bicyclic) bond motifs is 2. The molecule has 21 heavy (non-hydrogen) atoms. The SMILES string of the molecule is Clc1ccc2nc(Sc3cccc4cccnc34)cn2c1. The van der Waals surface area contributed by atoms with E-state index in [1.54, 1.807) is 11.8 Å². The summed E-state index contributed by atoms with van der Waals surface area (Å²) in [6.07, 6.45) is 5.65. The molecular formula is C16H10ClN3S. The van der Waals surface area contributed by atoms with Crippen LogP contribution in [-0.2, 0) is 0 Å². The van der Waals surface area contributed by atoms with Crippen LogP contribution in [0.5, 0.6) is 0 Å². The Hall–Kier alpha value is -2.04. The van der Waals surface area contributed by atoms with Gasteiger partial charge in [-0.25, -0.2) is 4.98 Å². The second kappa shape index (κ2) is 5.06. The van der Waals surface area contributed by atoms with E-state index < -0.39 is 0 Å². The molecular weight excluding hydrogens is 302 g/mol. The van der Waals surface area contributed by atoms with E-state index in [0.29, 0.717) is 5.02 Å². The Kier molecular flexibility index (Phi) is 3.05. The number of rotatable bonds is 2. The first-order valence-electron chi connectivity index (χ1n) is 6.45. The molecule has 1 aromatic carbocycles. The van der Waals surface area contributed by atoms with Crippen LogP contribution < -0.4 is 0 Å². The third kappa shape index (κ3) is 2.37. The lowest BCUT2D eigenvalue weighted by molar-refractivity contribution is 1.18. The number of hydrogen-bond acceptors (Lipinski definition) is 3. The van der Waals surface area contributed by atoms with E-state index in [4.69, 9.17) is 11.6 Å². The summed E-state index contributed by atoms with van der Waals surface area (Å²) >= 11 is 7.61. The molecule has 0 aliphatic rings. The molecule has 5 heteroatoms. The second-order valence-corrected chi connectivity index (χ2v) is 6.12. The molecule has 3 nitrogen and oxygen atoms in total. The Morgan fingerprint density at radius 1 is 1.00 bits per heavy atom. The fourth-order valence-corrected chi connectivity index (χ4v) is 3.37. The molecule has 0 amide bonds. The van der Waals surface area contributed by atoms with Gasteiger partial charge in [0.05, 0.1) is 10.5 Å². The van der Waals surface area contributed by atoms with Crippen LogP contribution in [0.15, 0.2) is 71.0 Å². The van der Waals surface area contributed by atoms with Crippen molar-refractivity contribution < 1.29 is 0 Å². The van der Waals surface area contributed by atoms with Crippen LogP contribution in [0.4, 0.5) is 0 Å². The van der Waals surface area contributed by atoms with Crippen LogP contribution >= 0.6 is 23.4 Å². The summed E-state index contributed by atoms with van der Waals surface area (Å²) in [6, 6.07) is 13.9. The molecule has 0 bridgehead atoms. The highest BCUT2D eigenvalue weighted by Gasteiger charge is 2.07. The monoisotopic (exact) mass is 311 g/mol. The largest absolute Gasteiger partial charge is 0.304 e. The van der Waals surface area contributed by atoms with Crippen LogP contribution in [0, 0.1) is 0 Å². The molecule has 102 valence electrons. The van der Waals surface area contributed by atoms with E-state index in [2.05, 4.69) is 28.2 Å². The lowest BCUT2D eigenvalue weighted by Gasteiger charge is -2.02. The Balaban J connectivity index is 1.79. The van der Waals surface area contributed by atoms with Gasteiger partial charge >= 0.3 is 0 Å². The lowest BCUT2D eigenvalue weighted by Crippen LogP contribution is -1.81. The summed E-state index contributed by atoms with van der Waals surface area (Å²) in [5.41, 5.74) is 1.88. The Labute approximate surface area is 130 Å². The number of nitrogens with zero attached hydrogens (tertiary/aromatic N) is 3. The van der Waals surface area contributed by atoms with Crippen molar-refractivity contribution in [3.05, 3.63) is 66.1 Å². The Bertz CT molecular complexity index is 943. The molecule has 0 aliphatic carbocycles. The smallest absolute Gasteiger partial charge is 0.138 e. The average molecular weight is 312 g/mol. The number of aromatic nitrogens is 3. The van der Waals surface area contributed by atoms with E-state index in [-0.39, 0.29) is 0 Å². The van der Waals surface area contributed by atoms with Gasteiger partial charge in [0, 0.05) is 28.9 Å². The standard InChI is InChI=1S/C16H10ClN3S/c17-12-6-7-14-19-15(10-20(14)9-12)21-13-5-1-3-11-4-2-8-18-16(11)13/h1-10H. The van der Waals surface area contributed by atoms with E-state index in [1.807, 2.05) is 47.3 Å². The van der Waals surface area contributed by atoms with Crippen molar-refractivity contribution in [2.75, 3.05) is 0 Å². The van der Waals surface area contributed by atoms with Crippen LogP contribution in [-0.4, -0.2) is 14.4 Å². The average Bonchev–Trinajstić information content (AvgIpc) is 2.89. The molecule has 0 atom stereocenters. The predicted octanol–water partition coefficient (Wildman–Crippen LogP) is 4.69. The molecule has 0 aliphatic heterocycles. The van der Waals surface area contributed by atoms with Gasteiger partial charge in [-0.15, -0.1) is 0 Å². The third-order valence-corrected chi connectivity index (χ3v) is 4.38. The first-order valence-corrected chi connectivity index (χ1v) is 7.65. The highest BCUT2D eigenvalue weighted by Crippen LogP contribution is 2.32. The van der Waals surface area contributed by atoms with E-state index in [0.717, 1.165) is 26.5 Å². The van der Waals surface area contributed by atoms with Gasteiger partial charge in [0.15, 0.2) is 0 Å². The zero-order valence-corrected chi connectivity index (χ0v) is 12.5. The Morgan fingerprint density at radius 2 is 1.90 bits per heavy atom. The number of benzene rings is 1.